The summed E-state index contributed by atoms with van der Waals surface area (Å²) in [5, 5.41) is 5.89. The molecule has 2 aliphatic heterocycles. The Morgan fingerprint density at radius 2 is 1.88 bits per heavy atom. The van der Waals surface area contributed by atoms with E-state index in [0.717, 1.165) is 51.3 Å². The van der Waals surface area contributed by atoms with Crippen molar-refractivity contribution in [3.63, 3.8) is 0 Å². The van der Waals surface area contributed by atoms with Gasteiger partial charge in [-0.25, -0.2) is 4.79 Å². The fraction of sp³-hybridized carbons (Fsp3) is 0.579. The molecule has 2 aliphatic rings. The number of hydrogen-bond acceptors (Lipinski definition) is 4. The third kappa shape index (κ3) is 5.11. The number of anilines is 1. The molecular weight excluding hydrogens is 332 g/mol. The van der Waals surface area contributed by atoms with Crippen molar-refractivity contribution in [2.75, 3.05) is 44.3 Å². The molecule has 2 fully saturated rings. The van der Waals surface area contributed by atoms with Gasteiger partial charge in [0.15, 0.2) is 0 Å². The average molecular weight is 360 g/mol. The number of benzene rings is 1. The van der Waals surface area contributed by atoms with E-state index in [4.69, 9.17) is 4.74 Å². The second-order valence-corrected chi connectivity index (χ2v) is 6.91. The Balaban J connectivity index is 1.47. The van der Waals surface area contributed by atoms with Crippen molar-refractivity contribution >= 4 is 17.6 Å². The van der Waals surface area contributed by atoms with E-state index in [-0.39, 0.29) is 18.0 Å². The molecule has 142 valence electrons. The number of urea groups is 1. The molecule has 0 aromatic heterocycles. The zero-order chi connectivity index (χ0) is 18.4. The van der Waals surface area contributed by atoms with E-state index in [2.05, 4.69) is 39.8 Å². The number of likely N-dealkylation sites (tertiary alicyclic amines) is 1. The molecule has 2 heterocycles. The van der Waals surface area contributed by atoms with Crippen LogP contribution in [0.4, 0.5) is 10.5 Å². The van der Waals surface area contributed by atoms with Crippen LogP contribution in [0.1, 0.15) is 25.3 Å². The molecule has 0 radical (unpaired) electrons. The minimum absolute atomic E-state index is 0.0439. The van der Waals surface area contributed by atoms with Gasteiger partial charge in [-0.1, -0.05) is 12.1 Å². The topological polar surface area (TPSA) is 73.9 Å². The summed E-state index contributed by atoms with van der Waals surface area (Å²) >= 11 is 0. The largest absolute Gasteiger partial charge is 0.378 e. The summed E-state index contributed by atoms with van der Waals surface area (Å²) in [5.41, 5.74) is 2.27. The first-order valence-corrected chi connectivity index (χ1v) is 9.33. The van der Waals surface area contributed by atoms with Crippen molar-refractivity contribution in [3.05, 3.63) is 29.8 Å². The molecule has 1 aromatic carbocycles. The molecule has 7 heteroatoms. The van der Waals surface area contributed by atoms with Gasteiger partial charge in [-0.05, 0) is 30.5 Å². The summed E-state index contributed by atoms with van der Waals surface area (Å²) in [4.78, 5) is 27.7. The first-order chi connectivity index (χ1) is 12.6. The molecule has 1 aromatic rings. The van der Waals surface area contributed by atoms with Gasteiger partial charge < -0.3 is 25.2 Å². The van der Waals surface area contributed by atoms with Crippen LogP contribution in [0.3, 0.4) is 0 Å². The minimum Gasteiger partial charge on any atom is -0.378 e. The van der Waals surface area contributed by atoms with Crippen molar-refractivity contribution in [1.82, 2.24) is 15.5 Å². The van der Waals surface area contributed by atoms with Gasteiger partial charge in [-0.2, -0.15) is 0 Å². The van der Waals surface area contributed by atoms with Gasteiger partial charge in [0.1, 0.15) is 0 Å². The van der Waals surface area contributed by atoms with Crippen molar-refractivity contribution in [3.8, 4) is 0 Å². The molecule has 0 saturated carbocycles. The highest BCUT2D eigenvalue weighted by molar-refractivity contribution is 5.75. The number of morpholine rings is 1. The van der Waals surface area contributed by atoms with E-state index < -0.39 is 0 Å². The summed E-state index contributed by atoms with van der Waals surface area (Å²) < 4.78 is 5.38. The van der Waals surface area contributed by atoms with Crippen LogP contribution in [-0.2, 0) is 16.1 Å². The van der Waals surface area contributed by atoms with Crippen LogP contribution in [0, 0.1) is 0 Å². The maximum atomic E-state index is 12.4. The SMILES string of the molecule is CC(=O)NC1CCCN(C(=O)NCc2ccc(N3CCOCC3)cc2)C1. The number of nitrogens with zero attached hydrogens (tertiary/aromatic N) is 2. The highest BCUT2D eigenvalue weighted by Crippen LogP contribution is 2.17. The number of rotatable bonds is 4. The van der Waals surface area contributed by atoms with E-state index in [1.54, 1.807) is 4.90 Å². The third-order valence-electron chi connectivity index (χ3n) is 4.87. The van der Waals surface area contributed by atoms with Crippen LogP contribution in [0.5, 0.6) is 0 Å². The lowest BCUT2D eigenvalue weighted by molar-refractivity contribution is -0.119. The number of hydrogen-bond donors (Lipinski definition) is 2. The molecule has 2 N–H and O–H groups in total. The second kappa shape index (κ2) is 8.89. The second-order valence-electron chi connectivity index (χ2n) is 6.91. The normalized spacial score (nSPS) is 20.6. The Kier molecular flexibility index (Phi) is 6.33. The first-order valence-electron chi connectivity index (χ1n) is 9.33. The molecule has 0 spiro atoms. The monoisotopic (exact) mass is 360 g/mol. The van der Waals surface area contributed by atoms with Gasteiger partial charge in [0.2, 0.25) is 5.91 Å². The number of carbonyl (C=O) groups is 2. The standard InChI is InChI=1S/C19H28N4O3/c1-15(24)21-17-3-2-8-23(14-17)19(25)20-13-16-4-6-18(7-5-16)22-9-11-26-12-10-22/h4-7,17H,2-3,8-14H2,1H3,(H,20,25)(H,21,24). The molecule has 3 amide bonds. The average Bonchev–Trinajstić information content (AvgIpc) is 2.67. The van der Waals surface area contributed by atoms with E-state index in [1.165, 1.54) is 12.6 Å². The van der Waals surface area contributed by atoms with Crippen LogP contribution >= 0.6 is 0 Å². The van der Waals surface area contributed by atoms with Crippen LogP contribution in [0.25, 0.3) is 0 Å². The Morgan fingerprint density at radius 1 is 1.15 bits per heavy atom. The van der Waals surface area contributed by atoms with Crippen molar-refractivity contribution in [2.45, 2.75) is 32.4 Å². The van der Waals surface area contributed by atoms with Gasteiger partial charge in [-0.15, -0.1) is 0 Å². The Bertz CT molecular complexity index is 614. The van der Waals surface area contributed by atoms with Crippen LogP contribution < -0.4 is 15.5 Å². The van der Waals surface area contributed by atoms with Crippen LogP contribution in [0.2, 0.25) is 0 Å². The summed E-state index contributed by atoms with van der Waals surface area (Å²) in [6.45, 7) is 6.70. The summed E-state index contributed by atoms with van der Waals surface area (Å²) in [5.74, 6) is -0.0439. The Labute approximate surface area is 154 Å². The van der Waals surface area contributed by atoms with Crippen molar-refractivity contribution < 1.29 is 14.3 Å². The van der Waals surface area contributed by atoms with Crippen molar-refractivity contribution in [2.24, 2.45) is 0 Å². The predicted molar refractivity (Wildman–Crippen MR) is 100 cm³/mol. The predicted octanol–water partition coefficient (Wildman–Crippen LogP) is 1.33. The van der Waals surface area contributed by atoms with E-state index in [9.17, 15) is 9.59 Å². The maximum absolute atomic E-state index is 12.4. The first kappa shape index (κ1) is 18.5. The van der Waals surface area contributed by atoms with Gasteiger partial charge in [0.25, 0.3) is 0 Å². The molecule has 2 saturated heterocycles. The highest BCUT2D eigenvalue weighted by Gasteiger charge is 2.23. The molecule has 3 rings (SSSR count). The maximum Gasteiger partial charge on any atom is 0.317 e. The highest BCUT2D eigenvalue weighted by atomic mass is 16.5. The summed E-state index contributed by atoms with van der Waals surface area (Å²) in [6, 6.07) is 8.29. The quantitative estimate of drug-likeness (QED) is 0.850. The zero-order valence-corrected chi connectivity index (χ0v) is 15.4. The van der Waals surface area contributed by atoms with Crippen molar-refractivity contribution in [1.29, 1.82) is 0 Å². The molecule has 1 unspecified atom stereocenters. The van der Waals surface area contributed by atoms with Gasteiger partial charge in [-0.3, -0.25) is 4.79 Å². The molecular formula is C19H28N4O3. The van der Waals surface area contributed by atoms with Crippen LogP contribution in [-0.4, -0.2) is 62.3 Å². The fourth-order valence-corrected chi connectivity index (χ4v) is 3.50. The molecule has 7 nitrogen and oxygen atoms in total. The molecule has 26 heavy (non-hydrogen) atoms. The summed E-state index contributed by atoms with van der Waals surface area (Å²) in [7, 11) is 0. The van der Waals surface area contributed by atoms with Gasteiger partial charge in [0, 0.05) is 51.4 Å². The molecule has 0 bridgehead atoms. The zero-order valence-electron chi connectivity index (χ0n) is 15.4. The van der Waals surface area contributed by atoms with E-state index >= 15 is 0 Å². The number of amides is 3. The smallest absolute Gasteiger partial charge is 0.317 e. The Morgan fingerprint density at radius 3 is 2.58 bits per heavy atom. The molecule has 0 aliphatic carbocycles. The number of piperidine rings is 1. The van der Waals surface area contributed by atoms with Crippen LogP contribution in [0.15, 0.2) is 24.3 Å². The van der Waals surface area contributed by atoms with Gasteiger partial charge >= 0.3 is 6.03 Å². The lowest BCUT2D eigenvalue weighted by atomic mass is 10.1. The Hall–Kier alpha value is -2.28. The fourth-order valence-electron chi connectivity index (χ4n) is 3.50. The third-order valence-corrected chi connectivity index (χ3v) is 4.87. The van der Waals surface area contributed by atoms with E-state index in [0.29, 0.717) is 13.1 Å². The number of carbonyl (C=O) groups excluding carboxylic acids is 2. The summed E-state index contributed by atoms with van der Waals surface area (Å²) in [6.07, 6.45) is 1.83. The number of nitrogens with one attached hydrogen (secondary N) is 2. The molecule has 1 atom stereocenters. The van der Waals surface area contributed by atoms with E-state index in [1.807, 2.05) is 0 Å². The minimum atomic E-state index is -0.0719. The van der Waals surface area contributed by atoms with Gasteiger partial charge in [0.05, 0.1) is 13.2 Å². The lowest BCUT2D eigenvalue weighted by Gasteiger charge is -2.33. The lowest BCUT2D eigenvalue weighted by Crippen LogP contribution is -2.51. The number of ether oxygens (including phenoxy) is 1.